The number of benzene rings is 1. The average molecular weight is 293 g/mol. The molecule has 0 spiro atoms. The minimum Gasteiger partial charge on any atom is -0.481 e. The van der Waals surface area contributed by atoms with E-state index >= 15 is 0 Å². The lowest BCUT2D eigenvalue weighted by Crippen LogP contribution is -2.19. The molecule has 1 aromatic heterocycles. The first-order valence-electron chi connectivity index (χ1n) is 6.05. The van der Waals surface area contributed by atoms with Crippen LogP contribution in [0.15, 0.2) is 35.1 Å². The third-order valence-electron chi connectivity index (χ3n) is 2.81. The molecule has 0 radical (unpaired) electrons. The van der Waals surface area contributed by atoms with Gasteiger partial charge >= 0.3 is 5.97 Å². The second kappa shape index (κ2) is 5.88. The number of hydrogen-bond acceptors (Lipinski definition) is 3. The van der Waals surface area contributed by atoms with Gasteiger partial charge in [0, 0.05) is 23.2 Å². The van der Waals surface area contributed by atoms with Crippen LogP contribution in [-0.4, -0.2) is 20.9 Å². The Balaban J connectivity index is 2.46. The molecule has 104 valence electrons. The Morgan fingerprint density at radius 2 is 2.15 bits per heavy atom. The third-order valence-corrected chi connectivity index (χ3v) is 3.04. The topological polar surface area (TPSA) is 72.2 Å². The van der Waals surface area contributed by atoms with Crippen LogP contribution in [0.1, 0.15) is 17.8 Å². The molecule has 0 bridgehead atoms. The first kappa shape index (κ1) is 14.3. The number of rotatable bonds is 4. The Morgan fingerprint density at radius 3 is 2.80 bits per heavy atom. The molecule has 0 amide bonds. The van der Waals surface area contributed by atoms with Crippen molar-refractivity contribution in [3.8, 4) is 5.69 Å². The highest BCUT2D eigenvalue weighted by atomic mass is 35.5. The van der Waals surface area contributed by atoms with Gasteiger partial charge in [0.05, 0.1) is 12.1 Å². The second-order valence-electron chi connectivity index (χ2n) is 4.38. The van der Waals surface area contributed by atoms with E-state index in [0.29, 0.717) is 10.7 Å². The van der Waals surface area contributed by atoms with Gasteiger partial charge in [0.25, 0.3) is 0 Å². The van der Waals surface area contributed by atoms with E-state index in [9.17, 15) is 9.59 Å². The highest BCUT2D eigenvalue weighted by Gasteiger charge is 2.09. The highest BCUT2D eigenvalue weighted by Crippen LogP contribution is 2.15. The molecule has 0 atom stereocenters. The minimum absolute atomic E-state index is 0.106. The summed E-state index contributed by atoms with van der Waals surface area (Å²) < 4.78 is 1.59. The van der Waals surface area contributed by atoms with Crippen LogP contribution in [0.2, 0.25) is 5.02 Å². The van der Waals surface area contributed by atoms with Crippen molar-refractivity contribution >= 4 is 17.6 Å². The molecule has 6 heteroatoms. The highest BCUT2D eigenvalue weighted by molar-refractivity contribution is 6.30. The minimum atomic E-state index is -0.957. The van der Waals surface area contributed by atoms with Crippen LogP contribution in [0.5, 0.6) is 0 Å². The quantitative estimate of drug-likeness (QED) is 0.938. The molecule has 20 heavy (non-hydrogen) atoms. The Labute approximate surface area is 120 Å². The van der Waals surface area contributed by atoms with E-state index in [1.807, 2.05) is 6.07 Å². The van der Waals surface area contributed by atoms with Crippen LogP contribution in [0, 0.1) is 6.92 Å². The molecule has 0 aliphatic carbocycles. The molecule has 0 aliphatic rings. The van der Waals surface area contributed by atoms with Crippen molar-refractivity contribution in [1.82, 2.24) is 9.78 Å². The van der Waals surface area contributed by atoms with Gasteiger partial charge in [-0.05, 0) is 25.1 Å². The molecule has 1 N–H and O–H groups in total. The molecule has 5 nitrogen and oxygen atoms in total. The zero-order valence-corrected chi connectivity index (χ0v) is 11.6. The van der Waals surface area contributed by atoms with Crippen molar-refractivity contribution in [3.05, 3.63) is 57.0 Å². The Kier molecular flexibility index (Phi) is 4.20. The molecule has 0 fully saturated rings. The summed E-state index contributed by atoms with van der Waals surface area (Å²) in [5.41, 5.74) is 1.38. The summed E-state index contributed by atoms with van der Waals surface area (Å²) in [4.78, 5) is 22.4. The predicted molar refractivity (Wildman–Crippen MR) is 75.5 cm³/mol. The summed E-state index contributed by atoms with van der Waals surface area (Å²) >= 11 is 5.94. The monoisotopic (exact) mass is 292 g/mol. The van der Waals surface area contributed by atoms with Gasteiger partial charge in [-0.1, -0.05) is 17.7 Å². The summed E-state index contributed by atoms with van der Waals surface area (Å²) in [5.74, 6) is -0.957. The van der Waals surface area contributed by atoms with E-state index in [1.165, 1.54) is 6.07 Å². The number of carboxylic acids is 1. The van der Waals surface area contributed by atoms with Crippen LogP contribution in [0.3, 0.4) is 0 Å². The van der Waals surface area contributed by atoms with Crippen molar-refractivity contribution in [3.63, 3.8) is 0 Å². The molecular weight excluding hydrogens is 280 g/mol. The fourth-order valence-electron chi connectivity index (χ4n) is 1.85. The number of hydrogen-bond donors (Lipinski definition) is 1. The number of aryl methyl sites for hydroxylation is 2. The molecular formula is C14H13ClN2O3. The smallest absolute Gasteiger partial charge is 0.303 e. The molecule has 0 saturated carbocycles. The van der Waals surface area contributed by atoms with E-state index in [2.05, 4.69) is 5.10 Å². The average Bonchev–Trinajstić information content (AvgIpc) is 2.37. The summed E-state index contributed by atoms with van der Waals surface area (Å²) in [6.07, 6.45) is -0.0180. The fourth-order valence-corrected chi connectivity index (χ4v) is 2.04. The number of carboxylic acid groups (broad SMARTS) is 1. The number of halogens is 1. The molecule has 0 saturated heterocycles. The van der Waals surface area contributed by atoms with E-state index in [0.717, 1.165) is 5.69 Å². The summed E-state index contributed by atoms with van der Waals surface area (Å²) in [7, 11) is 0. The lowest BCUT2D eigenvalue weighted by molar-refractivity contribution is -0.136. The lowest BCUT2D eigenvalue weighted by atomic mass is 10.2. The van der Waals surface area contributed by atoms with Crippen LogP contribution >= 0.6 is 11.6 Å². The Bertz CT molecular complexity index is 710. The number of carbonyl (C=O) groups is 1. The van der Waals surface area contributed by atoms with Gasteiger partial charge in [-0.25, -0.2) is 4.68 Å². The van der Waals surface area contributed by atoms with Gasteiger partial charge in [0.15, 0.2) is 0 Å². The molecule has 2 aromatic rings. The molecule has 2 rings (SSSR count). The third kappa shape index (κ3) is 3.24. The van der Waals surface area contributed by atoms with Crippen LogP contribution in [-0.2, 0) is 11.2 Å². The summed E-state index contributed by atoms with van der Waals surface area (Å²) in [6.45, 7) is 1.76. The van der Waals surface area contributed by atoms with Crippen molar-refractivity contribution in [2.24, 2.45) is 0 Å². The zero-order chi connectivity index (χ0) is 14.7. The van der Waals surface area contributed by atoms with Crippen molar-refractivity contribution < 1.29 is 9.90 Å². The largest absolute Gasteiger partial charge is 0.481 e. The van der Waals surface area contributed by atoms with Gasteiger partial charge in [0.2, 0.25) is 5.43 Å². The molecule has 1 aromatic carbocycles. The number of aliphatic carboxylic acids is 1. The second-order valence-corrected chi connectivity index (χ2v) is 4.82. The van der Waals surface area contributed by atoms with Crippen molar-refractivity contribution in [1.29, 1.82) is 0 Å². The maximum absolute atomic E-state index is 11.8. The standard InChI is InChI=1S/C14H13ClN2O3/c1-9-7-13(18)12(5-6-14(19)20)16-17(9)11-4-2-3-10(15)8-11/h2-4,7-8H,5-6H2,1H3,(H,19,20). The molecule has 0 unspecified atom stereocenters. The molecule has 0 aliphatic heterocycles. The van der Waals surface area contributed by atoms with Crippen LogP contribution < -0.4 is 5.43 Å². The number of aromatic nitrogens is 2. The Morgan fingerprint density at radius 1 is 1.40 bits per heavy atom. The van der Waals surface area contributed by atoms with Gasteiger partial charge in [-0.2, -0.15) is 5.10 Å². The summed E-state index contributed by atoms with van der Waals surface area (Å²) in [6, 6.07) is 8.53. The zero-order valence-electron chi connectivity index (χ0n) is 10.8. The first-order chi connectivity index (χ1) is 9.47. The van der Waals surface area contributed by atoms with Gasteiger partial charge in [0.1, 0.15) is 5.69 Å². The Hall–Kier alpha value is -2.14. The lowest BCUT2D eigenvalue weighted by Gasteiger charge is -2.11. The van der Waals surface area contributed by atoms with Gasteiger partial charge in [-0.15, -0.1) is 0 Å². The normalized spacial score (nSPS) is 10.5. The van der Waals surface area contributed by atoms with E-state index < -0.39 is 5.97 Å². The van der Waals surface area contributed by atoms with E-state index in [-0.39, 0.29) is 24.0 Å². The molecule has 1 heterocycles. The summed E-state index contributed by atoms with van der Waals surface area (Å²) in [5, 5.41) is 13.5. The van der Waals surface area contributed by atoms with E-state index in [4.69, 9.17) is 16.7 Å². The predicted octanol–water partition coefficient (Wildman–Crippen LogP) is 2.21. The van der Waals surface area contributed by atoms with Crippen molar-refractivity contribution in [2.75, 3.05) is 0 Å². The number of nitrogens with zero attached hydrogens (tertiary/aromatic N) is 2. The van der Waals surface area contributed by atoms with E-state index in [1.54, 1.807) is 29.8 Å². The van der Waals surface area contributed by atoms with Crippen LogP contribution in [0.4, 0.5) is 0 Å². The SMILES string of the molecule is Cc1cc(=O)c(CCC(=O)O)nn1-c1cccc(Cl)c1. The maximum Gasteiger partial charge on any atom is 0.303 e. The maximum atomic E-state index is 11.8. The van der Waals surface area contributed by atoms with Crippen LogP contribution in [0.25, 0.3) is 5.69 Å². The fraction of sp³-hybridized carbons (Fsp3) is 0.214. The van der Waals surface area contributed by atoms with Gasteiger partial charge < -0.3 is 5.11 Å². The first-order valence-corrected chi connectivity index (χ1v) is 6.43. The van der Waals surface area contributed by atoms with Gasteiger partial charge in [-0.3, -0.25) is 9.59 Å². The van der Waals surface area contributed by atoms with Crippen molar-refractivity contribution in [2.45, 2.75) is 19.8 Å².